The van der Waals surface area contributed by atoms with E-state index in [0.717, 1.165) is 28.4 Å². The second-order valence-electron chi connectivity index (χ2n) is 6.01. The summed E-state index contributed by atoms with van der Waals surface area (Å²) in [6.07, 6.45) is 1.85. The van der Waals surface area contributed by atoms with Gasteiger partial charge in [-0.25, -0.2) is 4.98 Å². The molecule has 1 aromatic heterocycles. The Morgan fingerprint density at radius 2 is 1.81 bits per heavy atom. The molecule has 27 heavy (non-hydrogen) atoms. The van der Waals surface area contributed by atoms with Crippen molar-refractivity contribution >= 4 is 27.5 Å². The number of carbonyl (C=O) groups excluding carboxylic acids is 1. The van der Waals surface area contributed by atoms with Crippen LogP contribution in [0.15, 0.2) is 48.5 Å². The molecule has 0 aliphatic heterocycles. The van der Waals surface area contributed by atoms with Crippen molar-refractivity contribution in [3.8, 4) is 11.5 Å². The molecule has 0 aliphatic carbocycles. The fourth-order valence-electron chi connectivity index (χ4n) is 2.68. The van der Waals surface area contributed by atoms with Gasteiger partial charge in [0.15, 0.2) is 11.5 Å². The van der Waals surface area contributed by atoms with Gasteiger partial charge in [0, 0.05) is 19.4 Å². The average molecular weight is 385 g/mol. The molecule has 0 saturated carbocycles. The predicted octanol–water partition coefficient (Wildman–Crippen LogP) is 4.21. The maximum Gasteiger partial charge on any atom is 0.220 e. The number of aromatic nitrogens is 1. The van der Waals surface area contributed by atoms with E-state index in [-0.39, 0.29) is 5.91 Å². The standard InChI is InChI=1S/C21H24N2O3S/c1-2-25-17-9-4-5-10-18(17)26-15-7-12-20(24)22-14-13-21-23-16-8-3-6-11-19(16)27-21/h3-6,8-11H,2,7,12-15H2,1H3,(H,22,24). The zero-order valence-corrected chi connectivity index (χ0v) is 16.3. The van der Waals surface area contributed by atoms with E-state index in [2.05, 4.69) is 16.4 Å². The minimum Gasteiger partial charge on any atom is -0.490 e. The number of carbonyl (C=O) groups is 1. The van der Waals surface area contributed by atoms with Crippen molar-refractivity contribution in [2.75, 3.05) is 19.8 Å². The van der Waals surface area contributed by atoms with Gasteiger partial charge in [0.25, 0.3) is 0 Å². The van der Waals surface area contributed by atoms with E-state index < -0.39 is 0 Å². The van der Waals surface area contributed by atoms with Gasteiger partial charge in [0.05, 0.1) is 28.4 Å². The first kappa shape index (κ1) is 19.2. The molecule has 3 aromatic rings. The van der Waals surface area contributed by atoms with Crippen LogP contribution in [0, 0.1) is 0 Å². The maximum absolute atomic E-state index is 12.0. The van der Waals surface area contributed by atoms with Gasteiger partial charge >= 0.3 is 0 Å². The molecule has 6 heteroatoms. The fraction of sp³-hybridized carbons (Fsp3) is 0.333. The highest BCUT2D eigenvalue weighted by molar-refractivity contribution is 7.18. The summed E-state index contributed by atoms with van der Waals surface area (Å²) in [6.45, 7) is 3.62. The van der Waals surface area contributed by atoms with Crippen LogP contribution in [0.2, 0.25) is 0 Å². The van der Waals surface area contributed by atoms with Crippen molar-refractivity contribution in [3.05, 3.63) is 53.5 Å². The molecule has 2 aromatic carbocycles. The summed E-state index contributed by atoms with van der Waals surface area (Å²) in [7, 11) is 0. The number of amides is 1. The SMILES string of the molecule is CCOc1ccccc1OCCCC(=O)NCCc1nc2ccccc2s1. The summed E-state index contributed by atoms with van der Waals surface area (Å²) in [5.41, 5.74) is 1.02. The lowest BCUT2D eigenvalue weighted by Gasteiger charge is -2.11. The Hall–Kier alpha value is -2.60. The normalized spacial score (nSPS) is 10.7. The van der Waals surface area contributed by atoms with Gasteiger partial charge < -0.3 is 14.8 Å². The van der Waals surface area contributed by atoms with E-state index in [1.54, 1.807) is 11.3 Å². The third-order valence-corrected chi connectivity index (χ3v) is 5.05. The van der Waals surface area contributed by atoms with Crippen molar-refractivity contribution in [3.63, 3.8) is 0 Å². The molecule has 0 spiro atoms. The number of benzene rings is 2. The van der Waals surface area contributed by atoms with Crippen LogP contribution in [0.4, 0.5) is 0 Å². The number of hydrogen-bond acceptors (Lipinski definition) is 5. The first-order chi connectivity index (χ1) is 13.3. The van der Waals surface area contributed by atoms with Crippen molar-refractivity contribution in [1.82, 2.24) is 10.3 Å². The van der Waals surface area contributed by atoms with Crippen molar-refractivity contribution in [2.24, 2.45) is 0 Å². The Bertz CT molecular complexity index is 845. The highest BCUT2D eigenvalue weighted by atomic mass is 32.1. The Kier molecular flexibility index (Phi) is 7.04. The smallest absolute Gasteiger partial charge is 0.220 e. The number of thiazole rings is 1. The van der Waals surface area contributed by atoms with Crippen molar-refractivity contribution < 1.29 is 14.3 Å². The summed E-state index contributed by atoms with van der Waals surface area (Å²) in [5, 5.41) is 4.00. The largest absolute Gasteiger partial charge is 0.490 e. The van der Waals surface area contributed by atoms with Crippen LogP contribution in [-0.2, 0) is 11.2 Å². The maximum atomic E-state index is 12.0. The quantitative estimate of drug-likeness (QED) is 0.532. The lowest BCUT2D eigenvalue weighted by atomic mass is 10.3. The summed E-state index contributed by atoms with van der Waals surface area (Å²) in [4.78, 5) is 16.6. The molecular formula is C21H24N2O3S. The van der Waals surface area contributed by atoms with Gasteiger partial charge in [-0.2, -0.15) is 0 Å². The number of nitrogens with one attached hydrogen (secondary N) is 1. The van der Waals surface area contributed by atoms with Gasteiger partial charge in [0.1, 0.15) is 0 Å². The number of para-hydroxylation sites is 3. The Balaban J connectivity index is 1.34. The molecule has 0 unspecified atom stereocenters. The average Bonchev–Trinajstić information content (AvgIpc) is 3.09. The summed E-state index contributed by atoms with van der Waals surface area (Å²) >= 11 is 1.68. The van der Waals surface area contributed by atoms with Gasteiger partial charge in [-0.3, -0.25) is 4.79 Å². The Morgan fingerprint density at radius 3 is 2.59 bits per heavy atom. The summed E-state index contributed by atoms with van der Waals surface area (Å²) < 4.78 is 12.4. The van der Waals surface area contributed by atoms with Gasteiger partial charge in [-0.05, 0) is 37.6 Å². The molecule has 1 amide bonds. The molecule has 0 radical (unpaired) electrons. The second kappa shape index (κ2) is 9.92. The third-order valence-electron chi connectivity index (χ3n) is 3.95. The molecule has 0 aliphatic rings. The van der Waals surface area contributed by atoms with Crippen LogP contribution in [0.3, 0.4) is 0 Å². The highest BCUT2D eigenvalue weighted by Gasteiger charge is 2.06. The number of ether oxygens (including phenoxy) is 2. The summed E-state index contributed by atoms with van der Waals surface area (Å²) in [5.74, 6) is 1.49. The topological polar surface area (TPSA) is 60.5 Å². The molecule has 0 atom stereocenters. The molecule has 5 nitrogen and oxygen atoms in total. The predicted molar refractivity (Wildman–Crippen MR) is 109 cm³/mol. The molecular weight excluding hydrogens is 360 g/mol. The van der Waals surface area contributed by atoms with Gasteiger partial charge in [-0.1, -0.05) is 24.3 Å². The van der Waals surface area contributed by atoms with E-state index in [1.807, 2.05) is 49.4 Å². The minimum absolute atomic E-state index is 0.0396. The van der Waals surface area contributed by atoms with E-state index >= 15 is 0 Å². The molecule has 0 saturated heterocycles. The summed E-state index contributed by atoms with van der Waals surface area (Å²) in [6, 6.07) is 15.7. The van der Waals surface area contributed by atoms with Crippen LogP contribution in [0.1, 0.15) is 24.8 Å². The molecule has 1 heterocycles. The van der Waals surface area contributed by atoms with Crippen LogP contribution < -0.4 is 14.8 Å². The van der Waals surface area contributed by atoms with E-state index in [9.17, 15) is 4.79 Å². The van der Waals surface area contributed by atoms with E-state index in [4.69, 9.17) is 9.47 Å². The number of fused-ring (bicyclic) bond motifs is 1. The molecule has 1 N–H and O–H groups in total. The number of rotatable bonds is 10. The number of nitrogens with zero attached hydrogens (tertiary/aromatic N) is 1. The van der Waals surface area contributed by atoms with Gasteiger partial charge in [0.2, 0.25) is 5.91 Å². The lowest BCUT2D eigenvalue weighted by molar-refractivity contribution is -0.121. The van der Waals surface area contributed by atoms with Crippen LogP contribution in [-0.4, -0.2) is 30.6 Å². The monoisotopic (exact) mass is 384 g/mol. The Labute approximate surface area is 163 Å². The van der Waals surface area contributed by atoms with Crippen LogP contribution >= 0.6 is 11.3 Å². The fourth-order valence-corrected chi connectivity index (χ4v) is 3.65. The van der Waals surface area contributed by atoms with Crippen molar-refractivity contribution in [2.45, 2.75) is 26.2 Å². The van der Waals surface area contributed by atoms with Crippen LogP contribution in [0.25, 0.3) is 10.2 Å². The first-order valence-corrected chi connectivity index (χ1v) is 10.0. The van der Waals surface area contributed by atoms with E-state index in [0.29, 0.717) is 32.6 Å². The van der Waals surface area contributed by atoms with Crippen molar-refractivity contribution in [1.29, 1.82) is 0 Å². The second-order valence-corrected chi connectivity index (χ2v) is 7.12. The number of hydrogen-bond donors (Lipinski definition) is 1. The molecule has 3 rings (SSSR count). The van der Waals surface area contributed by atoms with Crippen LogP contribution in [0.5, 0.6) is 11.5 Å². The highest BCUT2D eigenvalue weighted by Crippen LogP contribution is 2.26. The van der Waals surface area contributed by atoms with Gasteiger partial charge in [-0.15, -0.1) is 11.3 Å². The first-order valence-electron chi connectivity index (χ1n) is 9.22. The van der Waals surface area contributed by atoms with E-state index in [1.165, 1.54) is 4.70 Å². The molecule has 142 valence electrons. The Morgan fingerprint density at radius 1 is 1.07 bits per heavy atom. The lowest BCUT2D eigenvalue weighted by Crippen LogP contribution is -2.25. The molecule has 0 bridgehead atoms. The third kappa shape index (κ3) is 5.69. The zero-order chi connectivity index (χ0) is 18.9. The molecule has 0 fully saturated rings. The minimum atomic E-state index is 0.0396. The zero-order valence-electron chi connectivity index (χ0n) is 15.4.